The maximum absolute atomic E-state index is 5.56. The van der Waals surface area contributed by atoms with Crippen molar-refractivity contribution in [3.8, 4) is 11.3 Å². The Hall–Kier alpha value is -1.88. The number of rotatable bonds is 2. The van der Waals surface area contributed by atoms with Crippen molar-refractivity contribution in [1.29, 1.82) is 0 Å². The topological polar surface area (TPSA) is 64.9 Å². The normalized spacial score (nSPS) is 15.3. The number of nitrogens with two attached hydrogens (primary N) is 1. The summed E-state index contributed by atoms with van der Waals surface area (Å²) in [6.45, 7) is 0. The second kappa shape index (κ2) is 3.55. The molecule has 18 heavy (non-hydrogen) atoms. The van der Waals surface area contributed by atoms with Crippen molar-refractivity contribution in [3.05, 3.63) is 29.3 Å². The van der Waals surface area contributed by atoms with Crippen molar-refractivity contribution in [2.24, 2.45) is 0 Å². The highest BCUT2D eigenvalue weighted by Gasteiger charge is 2.27. The lowest BCUT2D eigenvalue weighted by Crippen LogP contribution is -1.80. The van der Waals surface area contributed by atoms with Crippen molar-refractivity contribution in [2.45, 2.75) is 18.8 Å². The van der Waals surface area contributed by atoms with Crippen LogP contribution >= 0.6 is 11.3 Å². The third-order valence-corrected chi connectivity index (χ3v) is 4.34. The first-order valence-corrected chi connectivity index (χ1v) is 6.74. The average Bonchev–Trinajstić information content (AvgIpc) is 2.99. The van der Waals surface area contributed by atoms with Gasteiger partial charge in [-0.25, -0.2) is 4.98 Å². The fourth-order valence-electron chi connectivity index (χ4n) is 2.03. The molecule has 4 nitrogen and oxygen atoms in total. The molecular weight excluding hydrogens is 246 g/mol. The van der Waals surface area contributed by atoms with Crippen molar-refractivity contribution in [2.75, 3.05) is 5.73 Å². The molecule has 0 radical (unpaired) electrons. The minimum absolute atomic E-state index is 0.405. The van der Waals surface area contributed by atoms with Gasteiger partial charge in [0, 0.05) is 17.5 Å². The van der Waals surface area contributed by atoms with E-state index in [-0.39, 0.29) is 0 Å². The zero-order chi connectivity index (χ0) is 12.1. The Morgan fingerprint density at radius 1 is 1.28 bits per heavy atom. The number of hydrogen-bond acceptors (Lipinski definition) is 5. The highest BCUT2D eigenvalue weighted by Crippen LogP contribution is 2.43. The molecule has 0 saturated heterocycles. The Morgan fingerprint density at radius 3 is 2.89 bits per heavy atom. The van der Waals surface area contributed by atoms with Gasteiger partial charge in [-0.2, -0.15) is 0 Å². The molecule has 2 N–H and O–H groups in total. The number of benzene rings is 1. The largest absolute Gasteiger partial charge is 0.381 e. The predicted octanol–water partition coefficient (Wildman–Crippen LogP) is 3.41. The lowest BCUT2D eigenvalue weighted by Gasteiger charge is -1.94. The fourth-order valence-corrected chi connectivity index (χ4v) is 3.15. The van der Waals surface area contributed by atoms with E-state index < -0.39 is 0 Å². The zero-order valence-corrected chi connectivity index (χ0v) is 10.4. The molecule has 1 aliphatic carbocycles. The molecule has 3 aromatic rings. The van der Waals surface area contributed by atoms with Crippen LogP contribution in [-0.4, -0.2) is 10.1 Å². The summed E-state index contributed by atoms with van der Waals surface area (Å²) < 4.78 is 6.40. The average molecular weight is 257 g/mol. The molecule has 0 aliphatic heterocycles. The quantitative estimate of drug-likeness (QED) is 0.764. The predicted molar refractivity (Wildman–Crippen MR) is 71.5 cm³/mol. The first kappa shape index (κ1) is 10.1. The molecular formula is C13H11N3OS. The van der Waals surface area contributed by atoms with E-state index in [1.165, 1.54) is 22.5 Å². The van der Waals surface area contributed by atoms with Crippen LogP contribution in [0, 0.1) is 0 Å². The van der Waals surface area contributed by atoms with Gasteiger partial charge in [0.25, 0.3) is 0 Å². The second-order valence-corrected chi connectivity index (χ2v) is 5.69. The second-order valence-electron chi connectivity index (χ2n) is 4.62. The van der Waals surface area contributed by atoms with E-state index in [0.717, 1.165) is 11.1 Å². The molecule has 1 saturated carbocycles. The summed E-state index contributed by atoms with van der Waals surface area (Å²) in [5.74, 6) is 1.80. The first-order valence-electron chi connectivity index (χ1n) is 5.92. The summed E-state index contributed by atoms with van der Waals surface area (Å²) >= 11 is 1.79. The molecule has 1 aliphatic rings. The minimum Gasteiger partial charge on any atom is -0.381 e. The molecule has 4 rings (SSSR count). The van der Waals surface area contributed by atoms with Crippen LogP contribution in [0.3, 0.4) is 0 Å². The number of nitrogen functional groups attached to an aromatic ring is 1. The van der Waals surface area contributed by atoms with E-state index >= 15 is 0 Å². The number of hydrogen-bond donors (Lipinski definition) is 1. The van der Waals surface area contributed by atoms with E-state index in [1.807, 2.05) is 12.1 Å². The first-order chi connectivity index (χ1) is 8.79. The summed E-state index contributed by atoms with van der Waals surface area (Å²) in [4.78, 5) is 4.69. The monoisotopic (exact) mass is 257 g/mol. The number of nitrogens with zero attached hydrogens (tertiary/aromatic N) is 2. The van der Waals surface area contributed by atoms with Crippen LogP contribution in [0.5, 0.6) is 0 Å². The molecule has 0 bridgehead atoms. The molecule has 1 aromatic carbocycles. The van der Waals surface area contributed by atoms with Gasteiger partial charge < -0.3 is 10.3 Å². The van der Waals surface area contributed by atoms with E-state index in [9.17, 15) is 0 Å². The van der Waals surface area contributed by atoms with Crippen molar-refractivity contribution >= 4 is 27.4 Å². The van der Waals surface area contributed by atoms with Crippen LogP contribution in [0.4, 0.5) is 5.82 Å². The maximum Gasteiger partial charge on any atom is 0.169 e. The Kier molecular flexibility index (Phi) is 1.99. The Bertz CT molecular complexity index is 727. The van der Waals surface area contributed by atoms with Crippen LogP contribution in [0.15, 0.2) is 28.8 Å². The van der Waals surface area contributed by atoms with E-state index in [4.69, 9.17) is 15.2 Å². The molecule has 2 heterocycles. The lowest BCUT2D eigenvalue weighted by molar-refractivity contribution is 0.436. The molecule has 0 amide bonds. The van der Waals surface area contributed by atoms with Crippen LogP contribution in [0.25, 0.3) is 21.5 Å². The van der Waals surface area contributed by atoms with Gasteiger partial charge in [-0.15, -0.1) is 11.3 Å². The van der Waals surface area contributed by atoms with Gasteiger partial charge >= 0.3 is 0 Å². The van der Waals surface area contributed by atoms with Gasteiger partial charge in [-0.1, -0.05) is 5.16 Å². The molecule has 90 valence electrons. The van der Waals surface area contributed by atoms with E-state index in [1.54, 1.807) is 17.4 Å². The summed E-state index contributed by atoms with van der Waals surface area (Å²) in [5.41, 5.74) is 7.57. The Morgan fingerprint density at radius 2 is 2.17 bits per heavy atom. The number of thiazole rings is 1. The van der Waals surface area contributed by atoms with Crippen LogP contribution in [0.2, 0.25) is 0 Å². The van der Waals surface area contributed by atoms with Crippen LogP contribution in [0.1, 0.15) is 23.8 Å². The van der Waals surface area contributed by atoms with Crippen LogP contribution < -0.4 is 5.73 Å². The Labute approximate surface area is 107 Å². The third kappa shape index (κ3) is 1.59. The van der Waals surface area contributed by atoms with Gasteiger partial charge in [-0.3, -0.25) is 0 Å². The van der Waals surface area contributed by atoms with E-state index in [2.05, 4.69) is 11.2 Å². The van der Waals surface area contributed by atoms with Gasteiger partial charge in [0.1, 0.15) is 0 Å². The third-order valence-electron chi connectivity index (χ3n) is 3.14. The summed E-state index contributed by atoms with van der Waals surface area (Å²) in [7, 11) is 0. The summed E-state index contributed by atoms with van der Waals surface area (Å²) in [6, 6.07) is 7.89. The zero-order valence-electron chi connectivity index (χ0n) is 9.59. The lowest BCUT2D eigenvalue weighted by atomic mass is 10.1. The highest BCUT2D eigenvalue weighted by atomic mass is 32.1. The smallest absolute Gasteiger partial charge is 0.169 e. The standard InChI is InChI=1S/C13H11N3OS/c14-12-6-10(17-16-12)8-3-4-11-9(5-8)15-13(18-11)7-1-2-7/h3-7H,1-2H2,(H2,14,16). The summed E-state index contributed by atoms with van der Waals surface area (Å²) in [6.07, 6.45) is 2.57. The number of aromatic nitrogens is 2. The maximum atomic E-state index is 5.56. The van der Waals surface area contributed by atoms with E-state index in [0.29, 0.717) is 17.5 Å². The SMILES string of the molecule is Nc1cc(-c2ccc3sc(C4CC4)nc3c2)on1. The molecule has 1 fully saturated rings. The van der Waals surface area contributed by atoms with Crippen molar-refractivity contribution < 1.29 is 4.52 Å². The number of anilines is 1. The molecule has 0 unspecified atom stereocenters. The highest BCUT2D eigenvalue weighted by molar-refractivity contribution is 7.18. The van der Waals surface area contributed by atoms with Crippen molar-refractivity contribution in [1.82, 2.24) is 10.1 Å². The van der Waals surface area contributed by atoms with Gasteiger partial charge in [0.05, 0.1) is 15.2 Å². The molecule has 0 spiro atoms. The molecule has 5 heteroatoms. The molecule has 0 atom stereocenters. The molecule has 2 aromatic heterocycles. The van der Waals surface area contributed by atoms with Crippen molar-refractivity contribution in [3.63, 3.8) is 0 Å². The van der Waals surface area contributed by atoms with Gasteiger partial charge in [0.15, 0.2) is 11.6 Å². The van der Waals surface area contributed by atoms with Gasteiger partial charge in [0.2, 0.25) is 0 Å². The fraction of sp³-hybridized carbons (Fsp3) is 0.231. The number of fused-ring (bicyclic) bond motifs is 1. The Balaban J connectivity index is 1.82. The van der Waals surface area contributed by atoms with Gasteiger partial charge in [-0.05, 0) is 31.0 Å². The summed E-state index contributed by atoms with van der Waals surface area (Å²) in [5, 5.41) is 4.96. The van der Waals surface area contributed by atoms with Crippen LogP contribution in [-0.2, 0) is 0 Å². The minimum atomic E-state index is 0.405.